The lowest BCUT2D eigenvalue weighted by molar-refractivity contribution is 0.127. The smallest absolute Gasteiger partial charge is 0.141 e. The van der Waals surface area contributed by atoms with Crippen LogP contribution in [0.1, 0.15) is 26.3 Å². The third-order valence-corrected chi connectivity index (χ3v) is 4.58. The molecule has 0 saturated carbocycles. The quantitative estimate of drug-likeness (QED) is 0.803. The zero-order valence-electron chi connectivity index (χ0n) is 14.4. The van der Waals surface area contributed by atoms with Crippen LogP contribution in [0.4, 0.5) is 0 Å². The van der Waals surface area contributed by atoms with E-state index >= 15 is 0 Å². The largest absolute Gasteiger partial charge is 0.491 e. The van der Waals surface area contributed by atoms with Gasteiger partial charge in [-0.2, -0.15) is 0 Å². The number of rotatable bonds is 4. The van der Waals surface area contributed by atoms with Crippen molar-refractivity contribution in [2.45, 2.75) is 27.2 Å². The average Bonchev–Trinajstić information content (AvgIpc) is 2.53. The molecule has 0 fully saturated rings. The van der Waals surface area contributed by atoms with Gasteiger partial charge in [-0.25, -0.2) is 0 Å². The van der Waals surface area contributed by atoms with Crippen LogP contribution in [-0.2, 0) is 11.2 Å². The number of hydrogen-bond acceptors (Lipinski definition) is 4. The second kappa shape index (κ2) is 6.36. The van der Waals surface area contributed by atoms with Crippen LogP contribution < -0.4 is 9.47 Å². The van der Waals surface area contributed by atoms with Gasteiger partial charge in [0.2, 0.25) is 0 Å². The zero-order valence-corrected chi connectivity index (χ0v) is 14.4. The molecular weight excluding hydrogens is 290 g/mol. The van der Waals surface area contributed by atoms with Gasteiger partial charge in [0.1, 0.15) is 18.1 Å². The maximum absolute atomic E-state index is 5.99. The molecule has 4 heteroatoms. The average molecular weight is 315 g/mol. The summed E-state index contributed by atoms with van der Waals surface area (Å²) in [5, 5.41) is 1.13. The third kappa shape index (κ3) is 3.42. The predicted molar refractivity (Wildman–Crippen MR) is 91.3 cm³/mol. The van der Waals surface area contributed by atoms with Crippen LogP contribution in [0.2, 0.25) is 0 Å². The summed E-state index contributed by atoms with van der Waals surface area (Å²) in [5.74, 6) is 2.26. The van der Waals surface area contributed by atoms with E-state index in [9.17, 15) is 0 Å². The Morgan fingerprint density at radius 3 is 2.83 bits per heavy atom. The van der Waals surface area contributed by atoms with Gasteiger partial charge >= 0.3 is 0 Å². The van der Waals surface area contributed by atoms with Crippen molar-refractivity contribution < 1.29 is 14.2 Å². The second-order valence-corrected chi connectivity index (χ2v) is 7.20. The molecule has 124 valence electrons. The van der Waals surface area contributed by atoms with Gasteiger partial charge in [0, 0.05) is 24.0 Å². The van der Waals surface area contributed by atoms with Gasteiger partial charge in [0.15, 0.2) is 0 Å². The first kappa shape index (κ1) is 16.1. The minimum atomic E-state index is 0.222. The van der Waals surface area contributed by atoms with Crippen LogP contribution >= 0.6 is 0 Å². The molecular formula is C19H25NO3. The summed E-state index contributed by atoms with van der Waals surface area (Å²) in [7, 11) is 1.67. The van der Waals surface area contributed by atoms with Gasteiger partial charge in [0.25, 0.3) is 0 Å². The molecule has 0 saturated heterocycles. The third-order valence-electron chi connectivity index (χ3n) is 4.58. The van der Waals surface area contributed by atoms with E-state index in [0.29, 0.717) is 19.1 Å². The number of aromatic nitrogens is 1. The van der Waals surface area contributed by atoms with Gasteiger partial charge < -0.3 is 14.2 Å². The molecule has 1 aromatic heterocycles. The molecule has 2 heterocycles. The highest BCUT2D eigenvalue weighted by Crippen LogP contribution is 2.39. The SMILES string of the molecule is COCCOc1ccc2ncc3c(c2c1)CC(C(C)(C)C)CO3. The minimum Gasteiger partial charge on any atom is -0.491 e. The molecule has 1 atom stereocenters. The summed E-state index contributed by atoms with van der Waals surface area (Å²) in [6, 6.07) is 6.05. The number of benzene rings is 1. The lowest BCUT2D eigenvalue weighted by atomic mass is 9.76. The van der Waals surface area contributed by atoms with Crippen LogP contribution in [-0.4, -0.2) is 31.9 Å². The number of pyridine rings is 1. The molecule has 0 radical (unpaired) electrons. The molecule has 1 aliphatic heterocycles. The Kier molecular flexibility index (Phi) is 4.44. The zero-order chi connectivity index (χ0) is 16.4. The van der Waals surface area contributed by atoms with Gasteiger partial charge in [-0.15, -0.1) is 0 Å². The van der Waals surface area contributed by atoms with E-state index in [1.54, 1.807) is 7.11 Å². The normalized spacial score (nSPS) is 17.7. The van der Waals surface area contributed by atoms with E-state index in [4.69, 9.17) is 14.2 Å². The van der Waals surface area contributed by atoms with E-state index < -0.39 is 0 Å². The van der Waals surface area contributed by atoms with Crippen LogP contribution in [0.15, 0.2) is 24.4 Å². The summed E-state index contributed by atoms with van der Waals surface area (Å²) < 4.78 is 16.8. The molecule has 0 bridgehead atoms. The highest BCUT2D eigenvalue weighted by molar-refractivity contribution is 5.85. The van der Waals surface area contributed by atoms with Crippen LogP contribution in [0.25, 0.3) is 10.9 Å². The molecule has 23 heavy (non-hydrogen) atoms. The molecule has 0 spiro atoms. The van der Waals surface area contributed by atoms with Crippen molar-refractivity contribution in [2.24, 2.45) is 11.3 Å². The number of nitrogens with zero attached hydrogens (tertiary/aromatic N) is 1. The monoisotopic (exact) mass is 315 g/mol. The Morgan fingerprint density at radius 2 is 2.09 bits per heavy atom. The first-order valence-electron chi connectivity index (χ1n) is 8.15. The van der Waals surface area contributed by atoms with Crippen molar-refractivity contribution in [3.05, 3.63) is 30.0 Å². The van der Waals surface area contributed by atoms with Gasteiger partial charge in [-0.05, 0) is 30.0 Å². The van der Waals surface area contributed by atoms with Crippen molar-refractivity contribution in [2.75, 3.05) is 26.9 Å². The van der Waals surface area contributed by atoms with E-state index in [0.717, 1.165) is 35.4 Å². The van der Waals surface area contributed by atoms with Crippen LogP contribution in [0, 0.1) is 11.3 Å². The maximum Gasteiger partial charge on any atom is 0.141 e. The molecule has 2 aromatic rings. The lowest BCUT2D eigenvalue weighted by Crippen LogP contribution is -2.32. The lowest BCUT2D eigenvalue weighted by Gasteiger charge is -2.35. The Balaban J connectivity index is 1.95. The second-order valence-electron chi connectivity index (χ2n) is 7.20. The summed E-state index contributed by atoms with van der Waals surface area (Å²) in [4.78, 5) is 4.51. The Bertz CT molecular complexity index is 691. The highest BCUT2D eigenvalue weighted by atomic mass is 16.5. The summed E-state index contributed by atoms with van der Waals surface area (Å²) in [6.45, 7) is 8.70. The fourth-order valence-electron chi connectivity index (χ4n) is 2.93. The Labute approximate surface area is 137 Å². The van der Waals surface area contributed by atoms with E-state index in [-0.39, 0.29) is 5.41 Å². The summed E-state index contributed by atoms with van der Waals surface area (Å²) >= 11 is 0. The molecule has 1 unspecified atom stereocenters. The van der Waals surface area contributed by atoms with E-state index in [2.05, 4.69) is 31.8 Å². The molecule has 4 nitrogen and oxygen atoms in total. The number of methoxy groups -OCH3 is 1. The Morgan fingerprint density at radius 1 is 1.26 bits per heavy atom. The Hall–Kier alpha value is -1.81. The molecule has 0 aliphatic carbocycles. The van der Waals surface area contributed by atoms with Crippen LogP contribution in [0.5, 0.6) is 11.5 Å². The van der Waals surface area contributed by atoms with Crippen molar-refractivity contribution in [1.82, 2.24) is 4.98 Å². The summed E-state index contributed by atoms with van der Waals surface area (Å²) in [5.41, 5.74) is 2.46. The molecule has 3 rings (SSSR count). The minimum absolute atomic E-state index is 0.222. The van der Waals surface area contributed by atoms with Crippen molar-refractivity contribution in [3.8, 4) is 11.5 Å². The van der Waals surface area contributed by atoms with E-state index in [1.807, 2.05) is 18.3 Å². The maximum atomic E-state index is 5.99. The number of fused-ring (bicyclic) bond motifs is 3. The molecule has 0 amide bonds. The van der Waals surface area contributed by atoms with Gasteiger partial charge in [-0.1, -0.05) is 20.8 Å². The first-order valence-corrected chi connectivity index (χ1v) is 8.15. The number of hydrogen-bond donors (Lipinski definition) is 0. The molecule has 1 aromatic carbocycles. The van der Waals surface area contributed by atoms with Crippen molar-refractivity contribution in [1.29, 1.82) is 0 Å². The standard InChI is InChI=1S/C19H25NO3/c1-19(2,3)13-9-16-15-10-14(22-8-7-21-4)5-6-17(15)20-11-18(16)23-12-13/h5-6,10-11,13H,7-9,12H2,1-4H3. The fourth-order valence-corrected chi connectivity index (χ4v) is 2.93. The summed E-state index contributed by atoms with van der Waals surface area (Å²) in [6.07, 6.45) is 2.86. The predicted octanol–water partition coefficient (Wildman–Crippen LogP) is 3.86. The molecule has 1 aliphatic rings. The van der Waals surface area contributed by atoms with Crippen molar-refractivity contribution in [3.63, 3.8) is 0 Å². The highest BCUT2D eigenvalue weighted by Gasteiger charge is 2.31. The van der Waals surface area contributed by atoms with Crippen LogP contribution in [0.3, 0.4) is 0 Å². The topological polar surface area (TPSA) is 40.6 Å². The first-order chi connectivity index (χ1) is 11.0. The number of ether oxygens (including phenoxy) is 3. The van der Waals surface area contributed by atoms with Gasteiger partial charge in [-0.3, -0.25) is 4.98 Å². The van der Waals surface area contributed by atoms with Gasteiger partial charge in [0.05, 0.1) is 24.9 Å². The molecule has 0 N–H and O–H groups in total. The van der Waals surface area contributed by atoms with E-state index in [1.165, 1.54) is 5.56 Å². The fraction of sp³-hybridized carbons (Fsp3) is 0.526. The van der Waals surface area contributed by atoms with Crippen molar-refractivity contribution >= 4 is 10.9 Å².